The van der Waals surface area contributed by atoms with Crippen molar-refractivity contribution in [2.75, 3.05) is 6.54 Å². The lowest BCUT2D eigenvalue weighted by molar-refractivity contribution is 0.242. The molecule has 0 saturated heterocycles. The summed E-state index contributed by atoms with van der Waals surface area (Å²) < 4.78 is 11.7. The minimum atomic E-state index is 0.169. The molecule has 0 aliphatic carbocycles. The van der Waals surface area contributed by atoms with E-state index in [0.29, 0.717) is 6.04 Å². The van der Waals surface area contributed by atoms with Gasteiger partial charge in [0.05, 0.1) is 6.10 Å². The fraction of sp³-hybridized carbons (Fsp3) is 0.333. The molecule has 0 amide bonds. The van der Waals surface area contributed by atoms with E-state index >= 15 is 0 Å². The molecule has 0 saturated carbocycles. The predicted octanol–water partition coefficient (Wildman–Crippen LogP) is 6.48. The summed E-state index contributed by atoms with van der Waals surface area (Å²) in [6.45, 7) is 9.47. The van der Waals surface area contributed by atoms with Gasteiger partial charge >= 0.3 is 0 Å². The maximum absolute atomic E-state index is 6.01. The quantitative estimate of drug-likeness (QED) is 0.497. The fourth-order valence-corrected chi connectivity index (χ4v) is 3.05. The van der Waals surface area contributed by atoms with Gasteiger partial charge in [-0.05, 0) is 92.5 Å². The van der Waals surface area contributed by atoms with Gasteiger partial charge in [-0.1, -0.05) is 25.1 Å². The van der Waals surface area contributed by atoms with Crippen LogP contribution in [0.3, 0.4) is 0 Å². The van der Waals surface area contributed by atoms with Crippen molar-refractivity contribution in [2.24, 2.45) is 0 Å². The van der Waals surface area contributed by atoms with Crippen LogP contribution in [0.2, 0.25) is 0 Å². The van der Waals surface area contributed by atoms with Crippen molar-refractivity contribution in [3.8, 4) is 17.2 Å². The minimum Gasteiger partial charge on any atom is -0.491 e. The molecule has 0 fully saturated rings. The number of hydrogen-bond donors (Lipinski definition) is 1. The molecule has 0 heterocycles. The molecule has 3 rings (SSSR count). The Morgan fingerprint density at radius 3 is 2.11 bits per heavy atom. The van der Waals surface area contributed by atoms with E-state index in [-0.39, 0.29) is 6.10 Å². The van der Waals surface area contributed by atoms with Crippen molar-refractivity contribution in [2.45, 2.75) is 46.3 Å². The van der Waals surface area contributed by atoms with Crippen molar-refractivity contribution in [3.63, 3.8) is 0 Å². The maximum atomic E-state index is 6.01. The second kappa shape index (κ2) is 8.92. The molecule has 0 aromatic heterocycles. The first-order chi connectivity index (χ1) is 13.0. The standard InChI is InChI=1S/C24H29NO2/c1-5-14-25-18(4)19-6-7-21-16-24(9-8-20(21)15-19)27-23-12-10-22(11-13-23)26-17(2)3/h6-13,15-18,25H,5,14H2,1-4H3. The summed E-state index contributed by atoms with van der Waals surface area (Å²) in [4.78, 5) is 0. The molecule has 1 atom stereocenters. The van der Waals surface area contributed by atoms with Gasteiger partial charge in [0, 0.05) is 6.04 Å². The van der Waals surface area contributed by atoms with Crippen molar-refractivity contribution in [1.82, 2.24) is 5.32 Å². The van der Waals surface area contributed by atoms with Crippen molar-refractivity contribution in [1.29, 1.82) is 0 Å². The van der Waals surface area contributed by atoms with Gasteiger partial charge in [0.2, 0.25) is 0 Å². The van der Waals surface area contributed by atoms with Crippen LogP contribution in [0, 0.1) is 0 Å². The lowest BCUT2D eigenvalue weighted by Crippen LogP contribution is -2.19. The van der Waals surface area contributed by atoms with Crippen LogP contribution in [0.1, 0.15) is 45.7 Å². The summed E-state index contributed by atoms with van der Waals surface area (Å²) in [5.41, 5.74) is 1.31. The molecule has 3 nitrogen and oxygen atoms in total. The Morgan fingerprint density at radius 2 is 1.41 bits per heavy atom. The molecule has 0 spiro atoms. The third kappa shape index (κ3) is 5.24. The lowest BCUT2D eigenvalue weighted by Gasteiger charge is -2.15. The van der Waals surface area contributed by atoms with Crippen molar-refractivity contribution in [3.05, 3.63) is 66.2 Å². The van der Waals surface area contributed by atoms with Crippen LogP contribution in [-0.2, 0) is 0 Å². The summed E-state index contributed by atoms with van der Waals surface area (Å²) in [5.74, 6) is 2.50. The average molecular weight is 364 g/mol. The maximum Gasteiger partial charge on any atom is 0.128 e. The lowest BCUT2D eigenvalue weighted by atomic mass is 10.0. The second-order valence-electron chi connectivity index (χ2n) is 7.18. The number of hydrogen-bond acceptors (Lipinski definition) is 3. The van der Waals surface area contributed by atoms with E-state index in [9.17, 15) is 0 Å². The van der Waals surface area contributed by atoms with E-state index in [1.807, 2.05) is 44.2 Å². The second-order valence-corrected chi connectivity index (χ2v) is 7.18. The monoisotopic (exact) mass is 363 g/mol. The van der Waals surface area contributed by atoms with Crippen LogP contribution in [0.25, 0.3) is 10.8 Å². The zero-order chi connectivity index (χ0) is 19.2. The molecule has 142 valence electrons. The SMILES string of the molecule is CCCNC(C)c1ccc2cc(Oc3ccc(OC(C)C)cc3)ccc2c1. The van der Waals surface area contributed by atoms with Crippen LogP contribution in [-0.4, -0.2) is 12.6 Å². The zero-order valence-electron chi connectivity index (χ0n) is 16.7. The van der Waals surface area contributed by atoms with Gasteiger partial charge in [-0.25, -0.2) is 0 Å². The van der Waals surface area contributed by atoms with Crippen LogP contribution in [0.15, 0.2) is 60.7 Å². The van der Waals surface area contributed by atoms with Gasteiger partial charge in [0.25, 0.3) is 0 Å². The largest absolute Gasteiger partial charge is 0.491 e. The third-order valence-corrected chi connectivity index (χ3v) is 4.47. The third-order valence-electron chi connectivity index (χ3n) is 4.47. The van der Waals surface area contributed by atoms with Gasteiger partial charge in [-0.2, -0.15) is 0 Å². The molecule has 27 heavy (non-hydrogen) atoms. The Hall–Kier alpha value is -2.52. The molecule has 3 heteroatoms. The smallest absolute Gasteiger partial charge is 0.128 e. The topological polar surface area (TPSA) is 30.5 Å². The normalized spacial score (nSPS) is 12.3. The summed E-state index contributed by atoms with van der Waals surface area (Å²) >= 11 is 0. The van der Waals surface area contributed by atoms with E-state index in [1.165, 1.54) is 16.3 Å². The predicted molar refractivity (Wildman–Crippen MR) is 113 cm³/mol. The zero-order valence-corrected chi connectivity index (χ0v) is 16.7. The van der Waals surface area contributed by atoms with Crippen molar-refractivity contribution < 1.29 is 9.47 Å². The average Bonchev–Trinajstić information content (AvgIpc) is 2.67. The summed E-state index contributed by atoms with van der Waals surface area (Å²) in [6, 6.07) is 21.0. The highest BCUT2D eigenvalue weighted by atomic mass is 16.5. The van der Waals surface area contributed by atoms with E-state index < -0.39 is 0 Å². The Balaban J connectivity index is 1.72. The molecule has 1 N–H and O–H groups in total. The van der Waals surface area contributed by atoms with Gasteiger partial charge in [0.1, 0.15) is 17.2 Å². The molecule has 3 aromatic rings. The minimum absolute atomic E-state index is 0.169. The molecule has 1 unspecified atom stereocenters. The Labute approximate surface area is 162 Å². The highest BCUT2D eigenvalue weighted by Gasteiger charge is 2.06. The first-order valence-corrected chi connectivity index (χ1v) is 9.77. The molecular formula is C24H29NO2. The van der Waals surface area contributed by atoms with Crippen LogP contribution >= 0.6 is 0 Å². The highest BCUT2D eigenvalue weighted by molar-refractivity contribution is 5.84. The molecule has 0 radical (unpaired) electrons. The number of rotatable bonds is 8. The molecular weight excluding hydrogens is 334 g/mol. The first-order valence-electron chi connectivity index (χ1n) is 9.77. The van der Waals surface area contributed by atoms with E-state index in [2.05, 4.69) is 49.5 Å². The number of nitrogens with one attached hydrogen (secondary N) is 1. The molecule has 3 aromatic carbocycles. The fourth-order valence-electron chi connectivity index (χ4n) is 3.05. The van der Waals surface area contributed by atoms with Gasteiger partial charge in [-0.3, -0.25) is 0 Å². The van der Waals surface area contributed by atoms with Gasteiger partial charge in [-0.15, -0.1) is 0 Å². The van der Waals surface area contributed by atoms with Crippen LogP contribution in [0.4, 0.5) is 0 Å². The Morgan fingerprint density at radius 1 is 0.778 bits per heavy atom. The number of ether oxygens (including phenoxy) is 2. The molecule has 0 aliphatic rings. The van der Waals surface area contributed by atoms with Gasteiger partial charge < -0.3 is 14.8 Å². The van der Waals surface area contributed by atoms with E-state index in [4.69, 9.17) is 9.47 Å². The Bertz CT molecular complexity index is 871. The van der Waals surface area contributed by atoms with Crippen LogP contribution in [0.5, 0.6) is 17.2 Å². The molecule has 0 aliphatic heterocycles. The summed E-state index contributed by atoms with van der Waals surface area (Å²) in [5, 5.41) is 5.95. The van der Waals surface area contributed by atoms with Crippen molar-refractivity contribution >= 4 is 10.8 Å². The van der Waals surface area contributed by atoms with Crippen LogP contribution < -0.4 is 14.8 Å². The summed E-state index contributed by atoms with van der Waals surface area (Å²) in [6.07, 6.45) is 1.31. The highest BCUT2D eigenvalue weighted by Crippen LogP contribution is 2.28. The molecule has 0 bridgehead atoms. The summed E-state index contributed by atoms with van der Waals surface area (Å²) in [7, 11) is 0. The Kier molecular flexibility index (Phi) is 6.36. The van der Waals surface area contributed by atoms with Gasteiger partial charge in [0.15, 0.2) is 0 Å². The number of fused-ring (bicyclic) bond motifs is 1. The van der Waals surface area contributed by atoms with E-state index in [0.717, 1.165) is 30.2 Å². The van der Waals surface area contributed by atoms with E-state index in [1.54, 1.807) is 0 Å². The first kappa shape index (κ1) is 19.2. The number of benzene rings is 3.